The molecule has 0 radical (unpaired) electrons. The molecule has 0 aliphatic heterocycles. The molecule has 0 saturated carbocycles. The van der Waals surface area contributed by atoms with Crippen LogP contribution in [0.3, 0.4) is 0 Å². The molecule has 0 aromatic heterocycles. The number of nitrogens with one attached hydrogen (secondary N) is 3. The van der Waals surface area contributed by atoms with Gasteiger partial charge in [0, 0.05) is 7.05 Å². The highest BCUT2D eigenvalue weighted by Gasteiger charge is 2.26. The van der Waals surface area contributed by atoms with Crippen molar-refractivity contribution in [2.75, 3.05) is 13.6 Å². The van der Waals surface area contributed by atoms with Crippen LogP contribution in [0.2, 0.25) is 0 Å². The number of aryl methyl sites for hydroxylation is 1. The summed E-state index contributed by atoms with van der Waals surface area (Å²) in [7, 11) is -2.60. The Morgan fingerprint density at radius 1 is 1.14 bits per heavy atom. The number of benzene rings is 1. The molecule has 1 rings (SSSR count). The Kier molecular flexibility index (Phi) is 8.38. The summed E-state index contributed by atoms with van der Waals surface area (Å²) < 4.78 is 25.8. The van der Waals surface area contributed by atoms with E-state index in [1.54, 1.807) is 19.1 Å². The Labute approximate surface area is 164 Å². The van der Waals surface area contributed by atoms with E-state index in [9.17, 15) is 22.8 Å². The van der Waals surface area contributed by atoms with Crippen LogP contribution in [0.25, 0.3) is 0 Å². The average molecular weight is 414 g/mol. The summed E-state index contributed by atoms with van der Waals surface area (Å²) in [6.07, 6.45) is 0.587. The molecule has 0 saturated heterocycles. The molecule has 1 aromatic carbocycles. The number of carbonyl (C=O) groups excluding carboxylic acids is 3. The van der Waals surface area contributed by atoms with Gasteiger partial charge in [-0.05, 0) is 25.0 Å². The first-order valence-corrected chi connectivity index (χ1v) is 10.1. The number of amides is 4. The van der Waals surface area contributed by atoms with Crippen molar-refractivity contribution in [2.24, 2.45) is 11.7 Å². The molecule has 5 N–H and O–H groups in total. The van der Waals surface area contributed by atoms with Crippen molar-refractivity contribution in [3.63, 3.8) is 0 Å². The van der Waals surface area contributed by atoms with Crippen molar-refractivity contribution >= 4 is 27.9 Å². The number of hydrazine groups is 1. The van der Waals surface area contributed by atoms with Crippen LogP contribution in [0.4, 0.5) is 4.79 Å². The number of carbonyl (C=O) groups is 3. The van der Waals surface area contributed by atoms with Crippen LogP contribution in [0, 0.1) is 12.8 Å². The topological polar surface area (TPSA) is 151 Å². The van der Waals surface area contributed by atoms with Gasteiger partial charge in [0.2, 0.25) is 10.0 Å². The van der Waals surface area contributed by atoms with E-state index in [0.29, 0.717) is 6.42 Å². The fraction of sp³-hybridized carbons (Fsp3) is 0.471. The SMILES string of the molecule is CC[C@H](C)[C@H](NC(N)=O)C(=O)NNC(=O)CN(C)S(=O)(=O)c1ccc(C)cc1. The van der Waals surface area contributed by atoms with E-state index in [1.807, 2.05) is 13.8 Å². The third-order valence-corrected chi connectivity index (χ3v) is 6.03. The lowest BCUT2D eigenvalue weighted by Gasteiger charge is -2.23. The van der Waals surface area contributed by atoms with Crippen molar-refractivity contribution in [2.45, 2.75) is 38.1 Å². The van der Waals surface area contributed by atoms with Crippen molar-refractivity contribution in [3.8, 4) is 0 Å². The molecule has 28 heavy (non-hydrogen) atoms. The Morgan fingerprint density at radius 3 is 2.21 bits per heavy atom. The van der Waals surface area contributed by atoms with Crippen molar-refractivity contribution in [3.05, 3.63) is 29.8 Å². The second-order valence-corrected chi connectivity index (χ2v) is 8.53. The smallest absolute Gasteiger partial charge is 0.312 e. The zero-order valence-corrected chi connectivity index (χ0v) is 17.2. The summed E-state index contributed by atoms with van der Waals surface area (Å²) in [5, 5.41) is 2.31. The first kappa shape index (κ1) is 23.4. The van der Waals surface area contributed by atoms with Crippen molar-refractivity contribution in [1.82, 2.24) is 20.5 Å². The lowest BCUT2D eigenvalue weighted by atomic mass is 9.99. The van der Waals surface area contributed by atoms with E-state index in [0.717, 1.165) is 9.87 Å². The Balaban J connectivity index is 2.68. The van der Waals surface area contributed by atoms with Crippen LogP contribution in [0.5, 0.6) is 0 Å². The molecule has 0 spiro atoms. The van der Waals surface area contributed by atoms with E-state index in [1.165, 1.54) is 19.2 Å². The number of nitrogens with two attached hydrogens (primary N) is 1. The Bertz CT molecular complexity index is 810. The van der Waals surface area contributed by atoms with Gasteiger partial charge in [0.25, 0.3) is 11.8 Å². The second-order valence-electron chi connectivity index (χ2n) is 6.48. The predicted molar refractivity (Wildman–Crippen MR) is 103 cm³/mol. The summed E-state index contributed by atoms with van der Waals surface area (Å²) in [5.74, 6) is -1.63. The second kappa shape index (κ2) is 10.0. The summed E-state index contributed by atoms with van der Waals surface area (Å²) in [6, 6.07) is 4.41. The number of hydrogen-bond donors (Lipinski definition) is 4. The number of nitrogens with zero attached hydrogens (tertiary/aromatic N) is 1. The standard InChI is InChI=1S/C17H27N5O5S/c1-5-12(3)15(19-17(18)25)16(24)21-20-14(23)10-22(4)28(26,27)13-8-6-11(2)7-9-13/h6-9,12,15H,5,10H2,1-4H3,(H,20,23)(H,21,24)(H3,18,19,25)/t12-,15-/m0/s1. The lowest BCUT2D eigenvalue weighted by molar-refractivity contribution is -0.130. The fourth-order valence-electron chi connectivity index (χ4n) is 2.28. The maximum Gasteiger partial charge on any atom is 0.312 e. The molecule has 1 aromatic rings. The van der Waals surface area contributed by atoms with E-state index in [-0.39, 0.29) is 10.8 Å². The fourth-order valence-corrected chi connectivity index (χ4v) is 3.41. The number of hydrogen-bond acceptors (Lipinski definition) is 5. The van der Waals surface area contributed by atoms with E-state index in [2.05, 4.69) is 16.2 Å². The molecular weight excluding hydrogens is 386 g/mol. The van der Waals surface area contributed by atoms with Gasteiger partial charge in [0.15, 0.2) is 0 Å². The molecule has 156 valence electrons. The van der Waals surface area contributed by atoms with Crippen LogP contribution in [0.1, 0.15) is 25.8 Å². The third kappa shape index (κ3) is 6.50. The van der Waals surface area contributed by atoms with Crippen molar-refractivity contribution < 1.29 is 22.8 Å². The van der Waals surface area contributed by atoms with Gasteiger partial charge in [-0.25, -0.2) is 13.2 Å². The molecule has 0 bridgehead atoms. The summed E-state index contributed by atoms with van der Waals surface area (Å²) in [4.78, 5) is 35.3. The van der Waals surface area contributed by atoms with E-state index >= 15 is 0 Å². The third-order valence-electron chi connectivity index (χ3n) is 4.21. The number of sulfonamides is 1. The molecule has 2 atom stereocenters. The first-order valence-electron chi connectivity index (χ1n) is 8.66. The normalized spacial score (nSPS) is 13.5. The van der Waals surface area contributed by atoms with Crippen LogP contribution in [-0.2, 0) is 19.6 Å². The van der Waals surface area contributed by atoms with Gasteiger partial charge >= 0.3 is 6.03 Å². The zero-order chi connectivity index (χ0) is 21.5. The maximum atomic E-state index is 12.5. The number of primary amides is 1. The van der Waals surface area contributed by atoms with Gasteiger partial charge in [0.05, 0.1) is 11.4 Å². The van der Waals surface area contributed by atoms with Gasteiger partial charge in [0.1, 0.15) is 6.04 Å². The van der Waals surface area contributed by atoms with Crippen LogP contribution >= 0.6 is 0 Å². The average Bonchev–Trinajstić information content (AvgIpc) is 2.63. The summed E-state index contributed by atoms with van der Waals surface area (Å²) in [5.41, 5.74) is 10.3. The highest BCUT2D eigenvalue weighted by atomic mass is 32.2. The van der Waals surface area contributed by atoms with Crippen LogP contribution in [-0.4, -0.2) is 50.2 Å². The highest BCUT2D eigenvalue weighted by molar-refractivity contribution is 7.89. The minimum absolute atomic E-state index is 0.0555. The predicted octanol–water partition coefficient (Wildman–Crippen LogP) is -0.154. The van der Waals surface area contributed by atoms with Gasteiger partial charge < -0.3 is 11.1 Å². The van der Waals surface area contributed by atoms with E-state index < -0.39 is 40.5 Å². The largest absolute Gasteiger partial charge is 0.352 e. The number of rotatable bonds is 8. The molecule has 0 heterocycles. The molecule has 0 aliphatic carbocycles. The summed E-state index contributed by atoms with van der Waals surface area (Å²) in [6.45, 7) is 4.89. The maximum absolute atomic E-state index is 12.5. The molecule has 4 amide bonds. The monoisotopic (exact) mass is 413 g/mol. The summed E-state index contributed by atoms with van der Waals surface area (Å²) >= 11 is 0. The van der Waals surface area contributed by atoms with Gasteiger partial charge in [-0.1, -0.05) is 38.0 Å². The number of likely N-dealkylation sites (N-methyl/N-ethyl adjacent to an activating group) is 1. The van der Waals surface area contributed by atoms with Crippen LogP contribution < -0.4 is 21.9 Å². The molecule has 10 nitrogen and oxygen atoms in total. The van der Waals surface area contributed by atoms with Gasteiger partial charge in [-0.15, -0.1) is 0 Å². The molecular formula is C17H27N5O5S. The van der Waals surface area contributed by atoms with Gasteiger partial charge in [-0.3, -0.25) is 20.4 Å². The van der Waals surface area contributed by atoms with Crippen LogP contribution in [0.15, 0.2) is 29.2 Å². The minimum Gasteiger partial charge on any atom is -0.352 e. The molecule has 0 fully saturated rings. The first-order chi connectivity index (χ1) is 13.0. The number of urea groups is 1. The lowest BCUT2D eigenvalue weighted by Crippen LogP contribution is -2.56. The van der Waals surface area contributed by atoms with E-state index in [4.69, 9.17) is 5.73 Å². The minimum atomic E-state index is -3.85. The Morgan fingerprint density at radius 2 is 1.71 bits per heavy atom. The van der Waals surface area contributed by atoms with Gasteiger partial charge in [-0.2, -0.15) is 4.31 Å². The zero-order valence-electron chi connectivity index (χ0n) is 16.4. The molecule has 0 aliphatic rings. The quantitative estimate of drug-likeness (QED) is 0.437. The Hall–Kier alpha value is -2.66. The highest BCUT2D eigenvalue weighted by Crippen LogP contribution is 2.14. The molecule has 11 heteroatoms. The van der Waals surface area contributed by atoms with Crippen molar-refractivity contribution in [1.29, 1.82) is 0 Å². The molecule has 0 unspecified atom stereocenters.